The summed E-state index contributed by atoms with van der Waals surface area (Å²) in [6, 6.07) is 49.4. The van der Waals surface area contributed by atoms with E-state index in [1.165, 1.54) is 43.8 Å². The van der Waals surface area contributed by atoms with Crippen molar-refractivity contribution >= 4 is 72.3 Å². The maximum Gasteiger partial charge on any atom is 0.216 e. The second kappa shape index (κ2) is 19.5. The van der Waals surface area contributed by atoms with Crippen LogP contribution in [0.1, 0.15) is 67.1 Å². The van der Waals surface area contributed by atoms with E-state index in [1.807, 2.05) is 31.3 Å². The molecule has 0 amide bonds. The average Bonchev–Trinajstić information content (AvgIpc) is 3.90. The average molecular weight is 1160 g/mol. The first-order chi connectivity index (χ1) is 33.2. The van der Waals surface area contributed by atoms with E-state index in [9.17, 15) is 0 Å². The largest absolute Gasteiger partial charge is 0.486 e. The SMILES string of the molecule is CC(C)Cc1cc(-c2[c-]cccc2)nc[c]1[Ge]([CH3])([CH3])[CH3].Cc1cc2nc(-c3[c-]cc(C)c4c3oc3nc(-c5c(C)cccc5C)ccc34)n(-c3c(C(C)C)c4ccccc4c4ccccc34)c2cn1.[Ir]. The Morgan fingerprint density at radius 1 is 0.657 bits per heavy atom. The molecule has 6 aromatic carbocycles. The molecular weight excluding hydrogens is 1100 g/mol. The van der Waals surface area contributed by atoms with E-state index in [1.54, 1.807) is 4.40 Å². The van der Waals surface area contributed by atoms with Crippen LogP contribution in [-0.4, -0.2) is 37.8 Å². The van der Waals surface area contributed by atoms with Crippen LogP contribution in [0.2, 0.25) is 17.3 Å². The third kappa shape index (κ3) is 8.93. The fourth-order valence-electron chi connectivity index (χ4n) is 10.3. The molecule has 0 saturated carbocycles. The van der Waals surface area contributed by atoms with Crippen molar-refractivity contribution in [3.8, 4) is 39.6 Å². The van der Waals surface area contributed by atoms with Gasteiger partial charge in [-0.25, -0.2) is 4.98 Å². The topological polar surface area (TPSA) is 69.6 Å². The van der Waals surface area contributed by atoms with Crippen LogP contribution in [0.5, 0.6) is 0 Å². The standard InChI is InChI=1S/C44H35N4O.C18H24GeN.Ir/c1-24(2)38-31-16-9-7-14-29(31)30-15-8-10-17-32(30)41(38)48-37-23-45-28(6)22-36(37)46-43(48)34-19-18-27(5)40-33-20-21-35(47-44(33)49-42(34)40)39-25(3)12-11-13-26(39)4;1-14(2)11-16-12-18(15-9-7-6-8-10-15)20-13-17(16)19(3,4)5;/h7-18,20-24H,1-6H3;6-9,12-14H,11H2,1-5H3;/q2*-1;. The van der Waals surface area contributed by atoms with Gasteiger partial charge in [0.15, 0.2) is 0 Å². The monoisotopic (exact) mass is 1160 g/mol. The number of pyridine rings is 3. The minimum absolute atomic E-state index is 0. The van der Waals surface area contributed by atoms with E-state index in [-0.39, 0.29) is 26.0 Å². The molecule has 353 valence electrons. The van der Waals surface area contributed by atoms with E-state index in [2.05, 4.69) is 192 Å². The molecule has 5 heterocycles. The molecule has 0 N–H and O–H groups in total. The summed E-state index contributed by atoms with van der Waals surface area (Å²) in [5.74, 6) is 8.99. The molecule has 0 saturated heterocycles. The maximum atomic E-state index is 6.80. The molecule has 0 unspecified atom stereocenters. The summed E-state index contributed by atoms with van der Waals surface area (Å²) < 4.78 is 10.6. The predicted molar refractivity (Wildman–Crippen MR) is 292 cm³/mol. The van der Waals surface area contributed by atoms with Crippen LogP contribution < -0.4 is 4.40 Å². The normalized spacial score (nSPS) is 11.8. The van der Waals surface area contributed by atoms with E-state index in [4.69, 9.17) is 24.4 Å². The first-order valence-corrected chi connectivity index (χ1v) is 31.6. The van der Waals surface area contributed by atoms with E-state index in [0.29, 0.717) is 11.6 Å². The van der Waals surface area contributed by atoms with Crippen LogP contribution >= 0.6 is 0 Å². The Labute approximate surface area is 428 Å². The van der Waals surface area contributed by atoms with Crippen molar-refractivity contribution in [1.82, 2.24) is 24.5 Å². The summed E-state index contributed by atoms with van der Waals surface area (Å²) in [5, 5.41) is 6.87. The van der Waals surface area contributed by atoms with Crippen molar-refractivity contribution in [2.75, 3.05) is 0 Å². The van der Waals surface area contributed by atoms with Crippen molar-refractivity contribution in [3.63, 3.8) is 0 Å². The fraction of sp³-hybridized carbons (Fsp3) is 0.226. The summed E-state index contributed by atoms with van der Waals surface area (Å²) >= 11 is -1.86. The Balaban J connectivity index is 0.000000244. The second-order valence-electron chi connectivity index (χ2n) is 20.4. The van der Waals surface area contributed by atoms with Crippen molar-refractivity contribution in [3.05, 3.63) is 179 Å². The Morgan fingerprint density at radius 3 is 2.01 bits per heavy atom. The zero-order chi connectivity index (χ0) is 48.3. The smallest absolute Gasteiger partial charge is 0.216 e. The minimum Gasteiger partial charge on any atom is -0.486 e. The third-order valence-electron chi connectivity index (χ3n) is 13.4. The zero-order valence-electron chi connectivity index (χ0n) is 42.0. The summed E-state index contributed by atoms with van der Waals surface area (Å²) in [6.07, 6.45) is 5.23. The Bertz CT molecular complexity index is 3730. The van der Waals surface area contributed by atoms with Crippen molar-refractivity contribution in [2.24, 2.45) is 5.92 Å². The van der Waals surface area contributed by atoms with Gasteiger partial charge in [-0.2, -0.15) is 0 Å². The van der Waals surface area contributed by atoms with Crippen molar-refractivity contribution in [1.29, 1.82) is 0 Å². The Morgan fingerprint density at radius 2 is 1.34 bits per heavy atom. The first kappa shape index (κ1) is 48.8. The van der Waals surface area contributed by atoms with Crippen LogP contribution in [-0.2, 0) is 26.5 Å². The Hall–Kier alpha value is -6.25. The van der Waals surface area contributed by atoms with Gasteiger partial charge in [-0.05, 0) is 77.7 Å². The number of fused-ring (bicyclic) bond motifs is 7. The van der Waals surface area contributed by atoms with Gasteiger partial charge in [0.05, 0.1) is 40.0 Å². The molecule has 8 heteroatoms. The number of nitrogens with zero attached hydrogens (tertiary/aromatic N) is 5. The number of hydrogen-bond acceptors (Lipinski definition) is 5. The van der Waals surface area contributed by atoms with E-state index in [0.717, 1.165) is 84.7 Å². The summed E-state index contributed by atoms with van der Waals surface area (Å²) in [6.45, 7) is 17.5. The Kier molecular flexibility index (Phi) is 13.6. The summed E-state index contributed by atoms with van der Waals surface area (Å²) in [7, 11) is 0. The van der Waals surface area contributed by atoms with Crippen LogP contribution in [0.4, 0.5) is 0 Å². The van der Waals surface area contributed by atoms with Crippen LogP contribution in [0, 0.1) is 45.7 Å². The van der Waals surface area contributed by atoms with Gasteiger partial charge in [-0.15, -0.1) is 17.7 Å². The molecule has 0 aliphatic rings. The number of aromatic nitrogens is 5. The molecule has 6 nitrogen and oxygen atoms in total. The molecular formula is C62H59GeIrN5O-2. The molecule has 11 aromatic rings. The van der Waals surface area contributed by atoms with Gasteiger partial charge in [0.1, 0.15) is 0 Å². The molecule has 1 radical (unpaired) electrons. The molecule has 5 aromatic heterocycles. The fourth-order valence-corrected chi connectivity index (χ4v) is 13.7. The molecule has 0 fully saturated rings. The number of hydrogen-bond donors (Lipinski definition) is 0. The van der Waals surface area contributed by atoms with Crippen LogP contribution in [0.25, 0.3) is 94.2 Å². The van der Waals surface area contributed by atoms with E-state index < -0.39 is 13.3 Å². The van der Waals surface area contributed by atoms with Gasteiger partial charge in [0, 0.05) is 42.1 Å². The molecule has 0 atom stereocenters. The van der Waals surface area contributed by atoms with Gasteiger partial charge in [0.2, 0.25) is 5.71 Å². The number of aryl methyl sites for hydroxylation is 4. The van der Waals surface area contributed by atoms with Gasteiger partial charge >= 0.3 is 126 Å². The molecule has 0 aliphatic heterocycles. The third-order valence-corrected chi connectivity index (χ3v) is 17.7. The molecule has 0 bridgehead atoms. The van der Waals surface area contributed by atoms with E-state index >= 15 is 0 Å². The second-order valence-corrected chi connectivity index (χ2v) is 31.0. The number of rotatable bonds is 8. The van der Waals surface area contributed by atoms with Crippen molar-refractivity contribution in [2.45, 2.75) is 85.0 Å². The van der Waals surface area contributed by atoms with Crippen molar-refractivity contribution < 1.29 is 24.5 Å². The minimum atomic E-state index is -1.86. The van der Waals surface area contributed by atoms with Gasteiger partial charge < -0.3 is 8.98 Å². The van der Waals surface area contributed by atoms with Gasteiger partial charge in [-0.3, -0.25) is 9.97 Å². The van der Waals surface area contributed by atoms with Gasteiger partial charge in [0.25, 0.3) is 0 Å². The van der Waals surface area contributed by atoms with Crippen LogP contribution in [0.15, 0.2) is 138 Å². The zero-order valence-corrected chi connectivity index (χ0v) is 46.5. The first-order valence-electron chi connectivity index (χ1n) is 24.2. The number of benzene rings is 6. The molecule has 0 spiro atoms. The summed E-state index contributed by atoms with van der Waals surface area (Å²) in [4.78, 5) is 19.9. The molecule has 70 heavy (non-hydrogen) atoms. The van der Waals surface area contributed by atoms with Gasteiger partial charge in [-0.1, -0.05) is 98.5 Å². The number of imidazole rings is 1. The summed E-state index contributed by atoms with van der Waals surface area (Å²) in [5.41, 5.74) is 16.4. The number of furan rings is 1. The molecule has 11 rings (SSSR count). The quantitative estimate of drug-likeness (QED) is 0.0861. The van der Waals surface area contributed by atoms with Crippen LogP contribution in [0.3, 0.4) is 0 Å². The predicted octanol–water partition coefficient (Wildman–Crippen LogP) is 15.8. The maximum absolute atomic E-state index is 6.80. The molecule has 0 aliphatic carbocycles.